The van der Waals surface area contributed by atoms with E-state index in [1.165, 1.54) is 0 Å². The maximum Gasteiger partial charge on any atom is 0.336 e. The molecule has 1 aromatic carbocycles. The number of aromatic carboxylic acids is 1. The van der Waals surface area contributed by atoms with Crippen LogP contribution in [0.5, 0.6) is 0 Å². The summed E-state index contributed by atoms with van der Waals surface area (Å²) >= 11 is 0. The van der Waals surface area contributed by atoms with E-state index in [4.69, 9.17) is 5.11 Å². The molecule has 2 N–H and O–H groups in total. The average molecular weight is 288 g/mol. The first-order valence-corrected chi connectivity index (χ1v) is 7.08. The number of fused-ring (bicyclic) bond motifs is 1. The smallest absolute Gasteiger partial charge is 0.336 e. The molecule has 0 atom stereocenters. The van der Waals surface area contributed by atoms with E-state index in [1.807, 2.05) is 30.1 Å². The lowest BCUT2D eigenvalue weighted by atomic mass is 10.1. The third kappa shape index (κ3) is 3.70. The highest BCUT2D eigenvalue weighted by molar-refractivity contribution is 6.03. The SMILES string of the molecule is CN(CCCCCO)c1cc(C(=O)O)c2ccccc2n1. The highest BCUT2D eigenvalue weighted by Crippen LogP contribution is 2.22. The van der Waals surface area contributed by atoms with Crippen LogP contribution >= 0.6 is 0 Å². The lowest BCUT2D eigenvalue weighted by Crippen LogP contribution is -2.20. The second-order valence-corrected chi connectivity index (χ2v) is 5.06. The number of aliphatic hydroxyl groups excluding tert-OH is 1. The lowest BCUT2D eigenvalue weighted by Gasteiger charge is -2.19. The largest absolute Gasteiger partial charge is 0.478 e. The van der Waals surface area contributed by atoms with Gasteiger partial charge in [-0.05, 0) is 31.4 Å². The fourth-order valence-electron chi connectivity index (χ4n) is 2.29. The van der Waals surface area contributed by atoms with Crippen LogP contribution in [0.1, 0.15) is 29.6 Å². The molecular formula is C16H20N2O3. The molecule has 0 saturated heterocycles. The van der Waals surface area contributed by atoms with Crippen LogP contribution in [0.4, 0.5) is 5.82 Å². The number of aliphatic hydroxyl groups is 1. The van der Waals surface area contributed by atoms with Crippen LogP contribution in [0.3, 0.4) is 0 Å². The Balaban J connectivity index is 2.25. The molecule has 0 unspecified atom stereocenters. The predicted molar refractivity (Wildman–Crippen MR) is 82.9 cm³/mol. The zero-order chi connectivity index (χ0) is 15.2. The van der Waals surface area contributed by atoms with E-state index in [2.05, 4.69) is 4.98 Å². The van der Waals surface area contributed by atoms with Crippen molar-refractivity contribution < 1.29 is 15.0 Å². The third-order valence-electron chi connectivity index (χ3n) is 3.48. The van der Waals surface area contributed by atoms with E-state index >= 15 is 0 Å². The van der Waals surface area contributed by atoms with Gasteiger partial charge in [0, 0.05) is 25.6 Å². The number of carbonyl (C=O) groups is 1. The van der Waals surface area contributed by atoms with E-state index in [0.29, 0.717) is 16.7 Å². The number of hydrogen-bond acceptors (Lipinski definition) is 4. The molecule has 0 aliphatic heterocycles. The van der Waals surface area contributed by atoms with Crippen molar-refractivity contribution in [3.63, 3.8) is 0 Å². The Hall–Kier alpha value is -2.14. The number of pyridine rings is 1. The van der Waals surface area contributed by atoms with Gasteiger partial charge in [-0.1, -0.05) is 18.2 Å². The Bertz CT molecular complexity index is 628. The molecular weight excluding hydrogens is 268 g/mol. The van der Waals surface area contributed by atoms with Crippen LogP contribution in [-0.4, -0.2) is 41.4 Å². The highest BCUT2D eigenvalue weighted by atomic mass is 16.4. The van der Waals surface area contributed by atoms with Crippen molar-refractivity contribution in [1.82, 2.24) is 4.98 Å². The van der Waals surface area contributed by atoms with Gasteiger partial charge < -0.3 is 15.1 Å². The number of hydrogen-bond donors (Lipinski definition) is 2. The summed E-state index contributed by atoms with van der Waals surface area (Å²) in [4.78, 5) is 17.9. The second kappa shape index (κ2) is 7.04. The Morgan fingerprint density at radius 3 is 2.71 bits per heavy atom. The summed E-state index contributed by atoms with van der Waals surface area (Å²) in [6.45, 7) is 0.992. The summed E-state index contributed by atoms with van der Waals surface area (Å²) in [7, 11) is 1.90. The van der Waals surface area contributed by atoms with Gasteiger partial charge in [-0.3, -0.25) is 0 Å². The Morgan fingerprint density at radius 2 is 2.00 bits per heavy atom. The van der Waals surface area contributed by atoms with Crippen LogP contribution in [-0.2, 0) is 0 Å². The van der Waals surface area contributed by atoms with Gasteiger partial charge >= 0.3 is 5.97 Å². The zero-order valence-corrected chi connectivity index (χ0v) is 12.1. The summed E-state index contributed by atoms with van der Waals surface area (Å²) in [5.74, 6) is -0.279. The summed E-state index contributed by atoms with van der Waals surface area (Å²) in [5, 5.41) is 18.8. The van der Waals surface area contributed by atoms with Crippen LogP contribution in [0.2, 0.25) is 0 Å². The third-order valence-corrected chi connectivity index (χ3v) is 3.48. The number of carboxylic acids is 1. The van der Waals surface area contributed by atoms with Crippen molar-refractivity contribution in [3.05, 3.63) is 35.9 Å². The van der Waals surface area contributed by atoms with E-state index < -0.39 is 5.97 Å². The zero-order valence-electron chi connectivity index (χ0n) is 12.1. The fourth-order valence-corrected chi connectivity index (χ4v) is 2.29. The number of rotatable bonds is 7. The van der Waals surface area contributed by atoms with E-state index in [1.54, 1.807) is 12.1 Å². The van der Waals surface area contributed by atoms with Crippen molar-refractivity contribution in [2.45, 2.75) is 19.3 Å². The number of anilines is 1. The van der Waals surface area contributed by atoms with Gasteiger partial charge in [0.1, 0.15) is 5.82 Å². The van der Waals surface area contributed by atoms with Crippen molar-refractivity contribution in [2.24, 2.45) is 0 Å². The van der Waals surface area contributed by atoms with Crippen LogP contribution in [0, 0.1) is 0 Å². The highest BCUT2D eigenvalue weighted by Gasteiger charge is 2.13. The molecule has 1 heterocycles. The number of carboxylic acid groups (broad SMARTS) is 1. The molecule has 0 radical (unpaired) electrons. The average Bonchev–Trinajstić information content (AvgIpc) is 2.50. The maximum atomic E-state index is 11.4. The quantitative estimate of drug-likeness (QED) is 0.766. The van der Waals surface area contributed by atoms with Gasteiger partial charge in [0.25, 0.3) is 0 Å². The monoisotopic (exact) mass is 288 g/mol. The number of para-hydroxylation sites is 1. The fraction of sp³-hybridized carbons (Fsp3) is 0.375. The molecule has 0 aliphatic carbocycles. The lowest BCUT2D eigenvalue weighted by molar-refractivity contribution is 0.0699. The molecule has 112 valence electrons. The summed E-state index contributed by atoms with van der Waals surface area (Å²) in [6.07, 6.45) is 2.67. The van der Waals surface area contributed by atoms with Gasteiger partial charge in [0.05, 0.1) is 11.1 Å². The molecule has 2 aromatic rings. The number of unbranched alkanes of at least 4 members (excludes halogenated alkanes) is 2. The molecule has 1 aromatic heterocycles. The molecule has 2 rings (SSSR count). The topological polar surface area (TPSA) is 73.7 Å². The van der Waals surface area contributed by atoms with Gasteiger partial charge in [-0.25, -0.2) is 9.78 Å². The first-order valence-electron chi connectivity index (χ1n) is 7.08. The molecule has 0 spiro atoms. The molecule has 5 nitrogen and oxygen atoms in total. The summed E-state index contributed by atoms with van der Waals surface area (Å²) in [5.41, 5.74) is 0.965. The second-order valence-electron chi connectivity index (χ2n) is 5.06. The first-order chi connectivity index (χ1) is 10.1. The molecule has 0 aliphatic rings. The molecule has 0 saturated carbocycles. The molecule has 5 heteroatoms. The van der Waals surface area contributed by atoms with Crippen LogP contribution < -0.4 is 4.90 Å². The van der Waals surface area contributed by atoms with E-state index in [9.17, 15) is 9.90 Å². The first kappa shape index (κ1) is 15.3. The molecule has 0 fully saturated rings. The number of nitrogens with zero attached hydrogens (tertiary/aromatic N) is 2. The number of benzene rings is 1. The minimum atomic E-state index is -0.941. The summed E-state index contributed by atoms with van der Waals surface area (Å²) in [6, 6.07) is 8.89. The summed E-state index contributed by atoms with van der Waals surface area (Å²) < 4.78 is 0. The standard InChI is InChI=1S/C16H20N2O3/c1-18(9-5-2-6-10-19)15-11-13(16(20)21)12-7-3-4-8-14(12)17-15/h3-4,7-8,11,19H,2,5-6,9-10H2,1H3,(H,20,21). The maximum absolute atomic E-state index is 11.4. The minimum Gasteiger partial charge on any atom is -0.478 e. The Labute approximate surface area is 123 Å². The van der Waals surface area contributed by atoms with Crippen molar-refractivity contribution in [1.29, 1.82) is 0 Å². The van der Waals surface area contributed by atoms with Gasteiger partial charge in [0.2, 0.25) is 0 Å². The molecule has 0 bridgehead atoms. The van der Waals surface area contributed by atoms with Crippen LogP contribution in [0.25, 0.3) is 10.9 Å². The van der Waals surface area contributed by atoms with Crippen LogP contribution in [0.15, 0.2) is 30.3 Å². The Morgan fingerprint density at radius 1 is 1.24 bits per heavy atom. The molecule has 0 amide bonds. The predicted octanol–water partition coefficient (Wildman–Crippen LogP) is 2.53. The van der Waals surface area contributed by atoms with Crippen molar-refractivity contribution >= 4 is 22.7 Å². The molecule has 21 heavy (non-hydrogen) atoms. The van der Waals surface area contributed by atoms with Gasteiger partial charge in [-0.15, -0.1) is 0 Å². The number of aromatic nitrogens is 1. The Kier molecular flexibility index (Phi) is 5.11. The minimum absolute atomic E-state index is 0.209. The van der Waals surface area contributed by atoms with E-state index in [-0.39, 0.29) is 12.2 Å². The van der Waals surface area contributed by atoms with Crippen molar-refractivity contribution in [2.75, 3.05) is 25.1 Å². The van der Waals surface area contributed by atoms with Crippen molar-refractivity contribution in [3.8, 4) is 0 Å². The van der Waals surface area contributed by atoms with Gasteiger partial charge in [-0.2, -0.15) is 0 Å². The van der Waals surface area contributed by atoms with E-state index in [0.717, 1.165) is 25.8 Å². The normalized spacial score (nSPS) is 10.8. The van der Waals surface area contributed by atoms with Gasteiger partial charge in [0.15, 0.2) is 0 Å².